The van der Waals surface area contributed by atoms with Gasteiger partial charge in [0.2, 0.25) is 0 Å². The minimum Gasteiger partial charge on any atom is -0.456 e. The molecule has 0 saturated carbocycles. The maximum Gasteiger partial charge on any atom is 0.164 e. The minimum absolute atomic E-state index is 0.578. The van der Waals surface area contributed by atoms with Gasteiger partial charge in [-0.1, -0.05) is 115 Å². The van der Waals surface area contributed by atoms with E-state index < -0.39 is 0 Å². The van der Waals surface area contributed by atoms with E-state index in [1.165, 1.54) is 11.1 Å². The van der Waals surface area contributed by atoms with Crippen LogP contribution < -0.4 is 0 Å². The Labute approximate surface area is 287 Å². The first-order valence-electron chi connectivity index (χ1n) is 16.6. The van der Waals surface area contributed by atoms with Crippen molar-refractivity contribution < 1.29 is 8.83 Å². The van der Waals surface area contributed by atoms with Crippen molar-refractivity contribution >= 4 is 43.9 Å². The Balaban J connectivity index is 1.08. The fraction of sp³-hybridized carbons (Fsp3) is 0. The fourth-order valence-corrected chi connectivity index (χ4v) is 6.80. The van der Waals surface area contributed by atoms with Crippen molar-refractivity contribution in [2.24, 2.45) is 0 Å². The van der Waals surface area contributed by atoms with Gasteiger partial charge in [-0.15, -0.1) is 0 Å². The first kappa shape index (κ1) is 28.2. The molecule has 234 valence electrons. The molecule has 0 saturated heterocycles. The Kier molecular flexibility index (Phi) is 6.42. The fourth-order valence-electron chi connectivity index (χ4n) is 6.80. The predicted molar refractivity (Wildman–Crippen MR) is 202 cm³/mol. The van der Waals surface area contributed by atoms with Gasteiger partial charge in [0.15, 0.2) is 17.5 Å². The highest BCUT2D eigenvalue weighted by Gasteiger charge is 2.16. The molecule has 0 unspecified atom stereocenters. The van der Waals surface area contributed by atoms with Gasteiger partial charge in [0.1, 0.15) is 22.3 Å². The molecule has 0 aliphatic rings. The molecule has 7 aromatic carbocycles. The van der Waals surface area contributed by atoms with E-state index in [9.17, 15) is 0 Å². The highest BCUT2D eigenvalue weighted by Crippen LogP contribution is 2.36. The van der Waals surface area contributed by atoms with Crippen LogP contribution in [0.4, 0.5) is 0 Å². The lowest BCUT2D eigenvalue weighted by molar-refractivity contribution is 0.668. The summed E-state index contributed by atoms with van der Waals surface area (Å²) in [6.45, 7) is 0. The average molecular weight is 642 g/mol. The van der Waals surface area contributed by atoms with Gasteiger partial charge in [-0.25, -0.2) is 15.0 Å². The third kappa shape index (κ3) is 4.83. The third-order valence-electron chi connectivity index (χ3n) is 9.36. The normalized spacial score (nSPS) is 11.6. The lowest BCUT2D eigenvalue weighted by Crippen LogP contribution is -2.00. The summed E-state index contributed by atoms with van der Waals surface area (Å²) in [4.78, 5) is 15.0. The number of hydrogen-bond donors (Lipinski definition) is 0. The van der Waals surface area contributed by atoms with E-state index >= 15 is 0 Å². The van der Waals surface area contributed by atoms with E-state index in [1.54, 1.807) is 0 Å². The molecule has 0 bridgehead atoms. The summed E-state index contributed by atoms with van der Waals surface area (Å²) in [5.74, 6) is 1.77. The molecular weight excluding hydrogens is 615 g/mol. The van der Waals surface area contributed by atoms with E-state index in [-0.39, 0.29) is 0 Å². The zero-order chi connectivity index (χ0) is 33.0. The van der Waals surface area contributed by atoms with Crippen molar-refractivity contribution in [3.63, 3.8) is 0 Å². The van der Waals surface area contributed by atoms with Crippen LogP contribution in [0.1, 0.15) is 0 Å². The van der Waals surface area contributed by atoms with Crippen LogP contribution in [0.5, 0.6) is 0 Å². The Bertz CT molecular complexity index is 2850. The van der Waals surface area contributed by atoms with Gasteiger partial charge in [0.25, 0.3) is 0 Å². The maximum atomic E-state index is 6.30. The van der Waals surface area contributed by atoms with E-state index in [1.807, 2.05) is 72.8 Å². The zero-order valence-electron chi connectivity index (χ0n) is 26.7. The highest BCUT2D eigenvalue weighted by molar-refractivity contribution is 6.08. The van der Waals surface area contributed by atoms with Crippen molar-refractivity contribution in [1.82, 2.24) is 15.0 Å². The molecule has 0 atom stereocenters. The molecule has 10 rings (SSSR count). The molecule has 0 radical (unpaired) electrons. The summed E-state index contributed by atoms with van der Waals surface area (Å²) in [5.41, 5.74) is 10.6. The van der Waals surface area contributed by atoms with Gasteiger partial charge in [-0.3, -0.25) is 0 Å². The van der Waals surface area contributed by atoms with Crippen LogP contribution in [-0.2, 0) is 0 Å². The van der Waals surface area contributed by atoms with Crippen molar-refractivity contribution in [3.8, 4) is 56.4 Å². The number of rotatable bonds is 5. The molecule has 3 heterocycles. The van der Waals surface area contributed by atoms with Crippen molar-refractivity contribution in [2.75, 3.05) is 0 Å². The molecule has 0 aliphatic carbocycles. The number of nitrogens with zero attached hydrogens (tertiary/aromatic N) is 3. The molecule has 5 heteroatoms. The van der Waals surface area contributed by atoms with Gasteiger partial charge < -0.3 is 8.83 Å². The number of para-hydroxylation sites is 1. The lowest BCUT2D eigenvalue weighted by atomic mass is 9.99. The summed E-state index contributed by atoms with van der Waals surface area (Å²) < 4.78 is 12.5. The summed E-state index contributed by atoms with van der Waals surface area (Å²) in [7, 11) is 0. The molecule has 0 N–H and O–H groups in total. The standard InChI is InChI=1S/C45H27N3O2/c1-3-9-28(10-4-1)29-15-17-30(18-16-29)32-20-23-40-37(25-32)38-26-33(21-24-41(38)49-40)44-46-43(31-11-5-2-6-12-31)47-45(48-44)34-19-22-36-35-13-7-8-14-39(35)50-42(36)27-34/h1-27H. The molecule has 0 spiro atoms. The topological polar surface area (TPSA) is 65.0 Å². The van der Waals surface area contributed by atoms with Crippen LogP contribution in [0, 0.1) is 0 Å². The Morgan fingerprint density at radius 3 is 1.38 bits per heavy atom. The summed E-state index contributed by atoms with van der Waals surface area (Å²) in [6, 6.07) is 55.9. The van der Waals surface area contributed by atoms with Crippen LogP contribution in [0.25, 0.3) is 100 Å². The Morgan fingerprint density at radius 2 is 0.680 bits per heavy atom. The van der Waals surface area contributed by atoms with Gasteiger partial charge in [0, 0.05) is 38.2 Å². The number of hydrogen-bond acceptors (Lipinski definition) is 5. The minimum atomic E-state index is 0.578. The summed E-state index contributed by atoms with van der Waals surface area (Å²) in [6.07, 6.45) is 0. The van der Waals surface area contributed by atoms with Crippen molar-refractivity contribution in [1.29, 1.82) is 0 Å². The summed E-state index contributed by atoms with van der Waals surface area (Å²) in [5, 5.41) is 4.20. The molecule has 0 fully saturated rings. The number of aromatic nitrogens is 3. The highest BCUT2D eigenvalue weighted by atomic mass is 16.3. The molecule has 0 aliphatic heterocycles. The first-order chi connectivity index (χ1) is 24.7. The monoisotopic (exact) mass is 641 g/mol. The number of furan rings is 2. The van der Waals surface area contributed by atoms with E-state index in [0.717, 1.165) is 71.7 Å². The van der Waals surface area contributed by atoms with Gasteiger partial charge in [-0.2, -0.15) is 0 Å². The second kappa shape index (κ2) is 11.4. The van der Waals surface area contributed by atoms with Gasteiger partial charge in [0.05, 0.1) is 0 Å². The second-order valence-corrected chi connectivity index (χ2v) is 12.4. The average Bonchev–Trinajstić information content (AvgIpc) is 3.75. The maximum absolute atomic E-state index is 6.30. The summed E-state index contributed by atoms with van der Waals surface area (Å²) >= 11 is 0. The van der Waals surface area contributed by atoms with Crippen molar-refractivity contribution in [2.45, 2.75) is 0 Å². The molecular formula is C45H27N3O2. The second-order valence-electron chi connectivity index (χ2n) is 12.4. The van der Waals surface area contributed by atoms with E-state index in [2.05, 4.69) is 91.0 Å². The molecule has 5 nitrogen and oxygen atoms in total. The Hall–Kier alpha value is -6.85. The molecule has 3 aromatic heterocycles. The molecule has 50 heavy (non-hydrogen) atoms. The van der Waals surface area contributed by atoms with Gasteiger partial charge in [-0.05, 0) is 70.8 Å². The van der Waals surface area contributed by atoms with Crippen LogP contribution in [0.15, 0.2) is 173 Å². The van der Waals surface area contributed by atoms with Crippen LogP contribution in [0.3, 0.4) is 0 Å². The number of fused-ring (bicyclic) bond motifs is 6. The predicted octanol–water partition coefficient (Wildman–Crippen LogP) is 12.0. The van der Waals surface area contributed by atoms with Crippen LogP contribution >= 0.6 is 0 Å². The largest absolute Gasteiger partial charge is 0.456 e. The van der Waals surface area contributed by atoms with Crippen LogP contribution in [-0.4, -0.2) is 15.0 Å². The van der Waals surface area contributed by atoms with E-state index in [4.69, 9.17) is 23.8 Å². The SMILES string of the molecule is c1ccc(-c2ccc(-c3ccc4oc5ccc(-c6nc(-c7ccccc7)nc(-c7ccc8c(c7)oc7ccccc78)n6)cc5c4c3)cc2)cc1. The zero-order valence-corrected chi connectivity index (χ0v) is 26.7. The molecule has 0 amide bonds. The van der Waals surface area contributed by atoms with E-state index in [0.29, 0.717) is 17.5 Å². The first-order valence-corrected chi connectivity index (χ1v) is 16.6. The number of benzene rings is 7. The quantitative estimate of drug-likeness (QED) is 0.187. The molecule has 10 aromatic rings. The third-order valence-corrected chi connectivity index (χ3v) is 9.36. The van der Waals surface area contributed by atoms with Crippen molar-refractivity contribution in [3.05, 3.63) is 164 Å². The lowest BCUT2D eigenvalue weighted by Gasteiger charge is -2.08. The van der Waals surface area contributed by atoms with Gasteiger partial charge >= 0.3 is 0 Å². The Morgan fingerprint density at radius 1 is 0.260 bits per heavy atom. The van der Waals surface area contributed by atoms with Crippen LogP contribution in [0.2, 0.25) is 0 Å². The smallest absolute Gasteiger partial charge is 0.164 e.